The van der Waals surface area contributed by atoms with Crippen molar-refractivity contribution >= 4 is 28.3 Å². The minimum absolute atomic E-state index is 0.0982. The fourth-order valence-electron chi connectivity index (χ4n) is 2.67. The van der Waals surface area contributed by atoms with E-state index in [0.29, 0.717) is 22.4 Å². The summed E-state index contributed by atoms with van der Waals surface area (Å²) in [4.78, 5) is 33.7. The van der Waals surface area contributed by atoms with Crippen LogP contribution in [-0.2, 0) is 5.41 Å². The first-order valence-corrected chi connectivity index (χ1v) is 8.20. The Balaban J connectivity index is 1.63. The highest BCUT2D eigenvalue weighted by Gasteiger charge is 2.18. The van der Waals surface area contributed by atoms with Gasteiger partial charge in [0.1, 0.15) is 5.69 Å². The summed E-state index contributed by atoms with van der Waals surface area (Å²) in [5.74, 6) is -0.338. The van der Waals surface area contributed by atoms with Gasteiger partial charge >= 0.3 is 5.69 Å². The molecule has 3 aromatic heterocycles. The number of hydrogen-bond donors (Lipinski definition) is 3. The molecule has 1 aromatic carbocycles. The number of fused-ring (bicyclic) bond motifs is 2. The van der Waals surface area contributed by atoms with Crippen molar-refractivity contribution in [1.29, 1.82) is 0 Å². The van der Waals surface area contributed by atoms with Crippen LogP contribution >= 0.6 is 0 Å². The molecule has 8 nitrogen and oxygen atoms in total. The number of benzene rings is 1. The molecular formula is C18H18N6O2. The number of nitrogens with one attached hydrogen (secondary N) is 3. The summed E-state index contributed by atoms with van der Waals surface area (Å²) in [6.45, 7) is 6.22. The number of amides is 1. The topological polar surface area (TPSA) is 108 Å². The normalized spacial score (nSPS) is 12.0. The average molecular weight is 350 g/mol. The van der Waals surface area contributed by atoms with Crippen molar-refractivity contribution in [3.8, 4) is 0 Å². The summed E-state index contributed by atoms with van der Waals surface area (Å²) in [5, 5.41) is 7.14. The fraction of sp³-hybridized carbons (Fsp3) is 0.222. The molecule has 0 aliphatic heterocycles. The lowest BCUT2D eigenvalue weighted by Crippen LogP contribution is -2.15. The van der Waals surface area contributed by atoms with E-state index >= 15 is 0 Å². The number of anilines is 1. The summed E-state index contributed by atoms with van der Waals surface area (Å²) in [7, 11) is 0. The lowest BCUT2D eigenvalue weighted by atomic mass is 9.93. The van der Waals surface area contributed by atoms with E-state index in [-0.39, 0.29) is 22.7 Å². The number of hydrogen-bond acceptors (Lipinski definition) is 4. The second kappa shape index (κ2) is 5.55. The smallest absolute Gasteiger partial charge is 0.321 e. The Morgan fingerprint density at radius 1 is 1.12 bits per heavy atom. The van der Waals surface area contributed by atoms with Gasteiger partial charge in [0.25, 0.3) is 5.91 Å². The van der Waals surface area contributed by atoms with Crippen molar-refractivity contribution in [3.05, 3.63) is 58.4 Å². The van der Waals surface area contributed by atoms with Crippen LogP contribution < -0.4 is 11.0 Å². The van der Waals surface area contributed by atoms with E-state index in [1.165, 1.54) is 0 Å². The van der Waals surface area contributed by atoms with Gasteiger partial charge in [0.15, 0.2) is 5.65 Å². The highest BCUT2D eigenvalue weighted by molar-refractivity contribution is 6.03. The van der Waals surface area contributed by atoms with Gasteiger partial charge in [0, 0.05) is 11.1 Å². The monoisotopic (exact) mass is 350 g/mol. The summed E-state index contributed by atoms with van der Waals surface area (Å²) < 4.78 is 1.61. The zero-order valence-corrected chi connectivity index (χ0v) is 14.6. The third-order valence-corrected chi connectivity index (χ3v) is 4.09. The van der Waals surface area contributed by atoms with E-state index in [2.05, 4.69) is 46.1 Å². The van der Waals surface area contributed by atoms with Gasteiger partial charge in [-0.3, -0.25) is 4.79 Å². The molecule has 0 bridgehead atoms. The van der Waals surface area contributed by atoms with Gasteiger partial charge in [0.05, 0.1) is 22.9 Å². The Bertz CT molecular complexity index is 1190. The van der Waals surface area contributed by atoms with Crippen LogP contribution in [0.4, 0.5) is 5.69 Å². The molecule has 4 rings (SSSR count). The Labute approximate surface area is 148 Å². The predicted molar refractivity (Wildman–Crippen MR) is 98.6 cm³/mol. The maximum Gasteiger partial charge on any atom is 0.323 e. The molecule has 132 valence electrons. The summed E-state index contributed by atoms with van der Waals surface area (Å²) >= 11 is 0. The number of rotatable bonds is 2. The summed E-state index contributed by atoms with van der Waals surface area (Å²) in [6.07, 6.45) is 1.84. The molecule has 3 heterocycles. The number of aromatic nitrogens is 5. The van der Waals surface area contributed by atoms with Crippen molar-refractivity contribution in [2.24, 2.45) is 0 Å². The number of nitrogens with zero attached hydrogens (tertiary/aromatic N) is 3. The summed E-state index contributed by atoms with van der Waals surface area (Å²) in [5.41, 5.74) is 3.37. The molecule has 0 aliphatic rings. The molecule has 4 aromatic rings. The van der Waals surface area contributed by atoms with Crippen molar-refractivity contribution < 1.29 is 4.79 Å². The lowest BCUT2D eigenvalue weighted by molar-refractivity contribution is 0.102. The minimum atomic E-state index is -0.338. The molecule has 8 heteroatoms. The Hall–Kier alpha value is -3.42. The van der Waals surface area contributed by atoms with Gasteiger partial charge in [-0.05, 0) is 30.3 Å². The predicted octanol–water partition coefficient (Wildman–Crippen LogP) is 2.45. The SMILES string of the molecule is CC(C)(C)c1cn2nc(C(=O)Nc3ccc4[nH]c(=O)[nH]c4c3)ccc2n1. The van der Waals surface area contributed by atoms with Crippen LogP contribution in [0.2, 0.25) is 0 Å². The number of H-pyrrole nitrogens is 2. The van der Waals surface area contributed by atoms with Crippen LogP contribution in [0, 0.1) is 0 Å². The van der Waals surface area contributed by atoms with Crippen LogP contribution in [0.15, 0.2) is 41.3 Å². The highest BCUT2D eigenvalue weighted by atomic mass is 16.2. The van der Waals surface area contributed by atoms with Gasteiger partial charge in [0.2, 0.25) is 0 Å². The van der Waals surface area contributed by atoms with E-state index in [0.717, 1.165) is 5.69 Å². The zero-order valence-electron chi connectivity index (χ0n) is 14.6. The van der Waals surface area contributed by atoms with Crippen LogP contribution in [0.5, 0.6) is 0 Å². The van der Waals surface area contributed by atoms with Crippen molar-refractivity contribution in [2.75, 3.05) is 5.32 Å². The van der Waals surface area contributed by atoms with Gasteiger partial charge in [-0.15, -0.1) is 0 Å². The molecule has 0 saturated carbocycles. The van der Waals surface area contributed by atoms with E-state index < -0.39 is 0 Å². The number of carbonyl (C=O) groups is 1. The Morgan fingerprint density at radius 3 is 2.65 bits per heavy atom. The molecular weight excluding hydrogens is 332 g/mol. The quantitative estimate of drug-likeness (QED) is 0.516. The summed E-state index contributed by atoms with van der Waals surface area (Å²) in [6, 6.07) is 8.55. The molecule has 0 aliphatic carbocycles. The lowest BCUT2D eigenvalue weighted by Gasteiger charge is -2.13. The number of aromatic amines is 2. The van der Waals surface area contributed by atoms with Crippen LogP contribution in [-0.4, -0.2) is 30.5 Å². The first-order valence-electron chi connectivity index (χ1n) is 8.20. The van der Waals surface area contributed by atoms with E-state index in [1.54, 1.807) is 34.8 Å². The van der Waals surface area contributed by atoms with Gasteiger partial charge in [-0.2, -0.15) is 5.10 Å². The molecule has 0 saturated heterocycles. The second-order valence-electron chi connectivity index (χ2n) is 7.19. The molecule has 0 radical (unpaired) electrons. The molecule has 0 atom stereocenters. The largest absolute Gasteiger partial charge is 0.323 e. The van der Waals surface area contributed by atoms with E-state index in [4.69, 9.17) is 0 Å². The third-order valence-electron chi connectivity index (χ3n) is 4.09. The molecule has 0 unspecified atom stereocenters. The fourth-order valence-corrected chi connectivity index (χ4v) is 2.67. The standard InChI is InChI=1S/C18H18N6O2/c1-18(2,3)14-9-24-15(22-14)7-6-12(23-24)16(25)19-10-4-5-11-13(8-10)21-17(26)20-11/h4-9H,1-3H3,(H,19,25)(H2,20,21,26). The van der Waals surface area contributed by atoms with E-state index in [9.17, 15) is 9.59 Å². The van der Waals surface area contributed by atoms with Crippen molar-refractivity contribution in [1.82, 2.24) is 24.6 Å². The third kappa shape index (κ3) is 2.85. The number of imidazole rings is 2. The minimum Gasteiger partial charge on any atom is -0.321 e. The van der Waals surface area contributed by atoms with Crippen LogP contribution in [0.25, 0.3) is 16.7 Å². The van der Waals surface area contributed by atoms with Gasteiger partial charge < -0.3 is 15.3 Å². The van der Waals surface area contributed by atoms with Crippen LogP contribution in [0.1, 0.15) is 37.0 Å². The molecule has 1 amide bonds. The Kier molecular flexibility index (Phi) is 3.43. The molecule has 0 spiro atoms. The second-order valence-corrected chi connectivity index (χ2v) is 7.19. The maximum atomic E-state index is 12.5. The van der Waals surface area contributed by atoms with E-state index in [1.807, 2.05) is 6.20 Å². The highest BCUT2D eigenvalue weighted by Crippen LogP contribution is 2.21. The van der Waals surface area contributed by atoms with Gasteiger partial charge in [-0.1, -0.05) is 20.8 Å². The molecule has 3 N–H and O–H groups in total. The van der Waals surface area contributed by atoms with Gasteiger partial charge in [-0.25, -0.2) is 14.3 Å². The van der Waals surface area contributed by atoms with Crippen LogP contribution in [0.3, 0.4) is 0 Å². The molecule has 26 heavy (non-hydrogen) atoms. The van der Waals surface area contributed by atoms with Crippen molar-refractivity contribution in [3.63, 3.8) is 0 Å². The Morgan fingerprint density at radius 2 is 1.88 bits per heavy atom. The number of carbonyl (C=O) groups excluding carboxylic acids is 1. The maximum absolute atomic E-state index is 12.5. The first-order chi connectivity index (χ1) is 12.3. The molecule has 0 fully saturated rings. The average Bonchev–Trinajstić information content (AvgIpc) is 3.15. The zero-order chi connectivity index (χ0) is 18.5. The van der Waals surface area contributed by atoms with Crippen molar-refractivity contribution in [2.45, 2.75) is 26.2 Å². The first kappa shape index (κ1) is 16.1.